The number of benzene rings is 1. The molecule has 1 aliphatic rings. The lowest BCUT2D eigenvalue weighted by molar-refractivity contribution is 0.225. The summed E-state index contributed by atoms with van der Waals surface area (Å²) in [6, 6.07) is 5.43. The molecule has 0 saturated carbocycles. The number of fused-ring (bicyclic) bond motifs is 1. The predicted molar refractivity (Wildman–Crippen MR) is 112 cm³/mol. The average Bonchev–Trinajstić information content (AvgIpc) is 3.10. The zero-order valence-corrected chi connectivity index (χ0v) is 17.1. The van der Waals surface area contributed by atoms with Gasteiger partial charge in [0.05, 0.1) is 13.3 Å². The third kappa shape index (κ3) is 3.95. The van der Waals surface area contributed by atoms with Crippen LogP contribution in [0.5, 0.6) is 5.75 Å². The van der Waals surface area contributed by atoms with E-state index in [4.69, 9.17) is 4.74 Å². The molecule has 0 aliphatic carbocycles. The highest BCUT2D eigenvalue weighted by molar-refractivity contribution is 7.17. The SMILES string of the molecule is COc1cncnc1N1CCN(CCCc2csc3ccc(F)cc23)CC1C. The molecular weight excluding hydrogens is 375 g/mol. The van der Waals surface area contributed by atoms with Crippen LogP contribution in [0.1, 0.15) is 18.9 Å². The van der Waals surface area contributed by atoms with Gasteiger partial charge >= 0.3 is 0 Å². The van der Waals surface area contributed by atoms with Gasteiger partial charge in [-0.05, 0) is 60.8 Å². The number of ether oxygens (including phenoxy) is 1. The number of aryl methyl sites for hydroxylation is 1. The molecule has 28 heavy (non-hydrogen) atoms. The molecule has 0 amide bonds. The molecule has 148 valence electrons. The van der Waals surface area contributed by atoms with Gasteiger partial charge in [-0.25, -0.2) is 14.4 Å². The summed E-state index contributed by atoms with van der Waals surface area (Å²) in [5, 5.41) is 3.24. The molecule has 0 bridgehead atoms. The van der Waals surface area contributed by atoms with Gasteiger partial charge in [-0.3, -0.25) is 4.90 Å². The van der Waals surface area contributed by atoms with Crippen LogP contribution < -0.4 is 9.64 Å². The topological polar surface area (TPSA) is 41.5 Å². The molecule has 5 nitrogen and oxygen atoms in total. The van der Waals surface area contributed by atoms with Gasteiger partial charge in [0.15, 0.2) is 11.6 Å². The van der Waals surface area contributed by atoms with Crippen LogP contribution in [0.25, 0.3) is 10.1 Å². The number of piperazine rings is 1. The van der Waals surface area contributed by atoms with Crippen molar-refractivity contribution in [2.75, 3.05) is 38.2 Å². The molecule has 4 rings (SSSR count). The van der Waals surface area contributed by atoms with Crippen molar-refractivity contribution in [3.05, 3.63) is 47.5 Å². The first-order valence-electron chi connectivity index (χ1n) is 9.64. The van der Waals surface area contributed by atoms with E-state index in [2.05, 4.69) is 32.1 Å². The number of nitrogens with zero attached hydrogens (tertiary/aromatic N) is 4. The van der Waals surface area contributed by atoms with Crippen molar-refractivity contribution in [1.82, 2.24) is 14.9 Å². The molecule has 1 atom stereocenters. The Morgan fingerprint density at radius 3 is 3.04 bits per heavy atom. The summed E-state index contributed by atoms with van der Waals surface area (Å²) in [6.45, 7) is 6.18. The Balaban J connectivity index is 1.33. The molecule has 1 unspecified atom stereocenters. The maximum atomic E-state index is 13.6. The number of aromatic nitrogens is 2. The predicted octanol–water partition coefficient (Wildman–Crippen LogP) is 3.98. The first-order valence-corrected chi connectivity index (χ1v) is 10.5. The summed E-state index contributed by atoms with van der Waals surface area (Å²) in [6.07, 6.45) is 5.35. The number of hydrogen-bond donors (Lipinski definition) is 0. The van der Waals surface area contributed by atoms with Crippen LogP contribution >= 0.6 is 11.3 Å². The first-order chi connectivity index (χ1) is 13.7. The lowest BCUT2D eigenvalue weighted by Crippen LogP contribution is -2.52. The van der Waals surface area contributed by atoms with Crippen molar-refractivity contribution < 1.29 is 9.13 Å². The highest BCUT2D eigenvalue weighted by Crippen LogP contribution is 2.29. The molecule has 0 radical (unpaired) electrons. The Bertz CT molecular complexity index is 947. The van der Waals surface area contributed by atoms with Crippen LogP contribution in [0.15, 0.2) is 36.1 Å². The van der Waals surface area contributed by atoms with Gasteiger partial charge in [0.25, 0.3) is 0 Å². The second-order valence-electron chi connectivity index (χ2n) is 7.26. The molecule has 1 fully saturated rings. The van der Waals surface area contributed by atoms with Gasteiger partial charge in [-0.1, -0.05) is 0 Å². The maximum absolute atomic E-state index is 13.6. The van der Waals surface area contributed by atoms with Gasteiger partial charge < -0.3 is 9.64 Å². The second kappa shape index (κ2) is 8.41. The van der Waals surface area contributed by atoms with E-state index in [1.165, 1.54) is 11.6 Å². The molecular formula is C21H25FN4OS. The summed E-state index contributed by atoms with van der Waals surface area (Å²) >= 11 is 1.70. The summed E-state index contributed by atoms with van der Waals surface area (Å²) in [5.41, 5.74) is 1.26. The summed E-state index contributed by atoms with van der Waals surface area (Å²) < 4.78 is 20.1. The smallest absolute Gasteiger partial charge is 0.179 e. The van der Waals surface area contributed by atoms with Crippen LogP contribution in [0.3, 0.4) is 0 Å². The van der Waals surface area contributed by atoms with E-state index in [9.17, 15) is 4.39 Å². The van der Waals surface area contributed by atoms with Crippen LogP contribution in [0, 0.1) is 5.82 Å². The Hall–Kier alpha value is -2.25. The lowest BCUT2D eigenvalue weighted by Gasteiger charge is -2.40. The molecule has 1 aliphatic heterocycles. The fourth-order valence-corrected chi connectivity index (χ4v) is 4.94. The normalized spacial score (nSPS) is 18.0. The van der Waals surface area contributed by atoms with Crippen molar-refractivity contribution in [3.63, 3.8) is 0 Å². The van der Waals surface area contributed by atoms with Crippen LogP contribution in [-0.2, 0) is 6.42 Å². The average molecular weight is 401 g/mol. The fourth-order valence-electron chi connectivity index (χ4n) is 3.96. The van der Waals surface area contributed by atoms with E-state index in [0.717, 1.165) is 60.7 Å². The highest BCUT2D eigenvalue weighted by Gasteiger charge is 2.26. The lowest BCUT2D eigenvalue weighted by atomic mass is 10.1. The number of thiophene rings is 1. The van der Waals surface area contributed by atoms with Crippen molar-refractivity contribution in [2.24, 2.45) is 0 Å². The van der Waals surface area contributed by atoms with E-state index in [-0.39, 0.29) is 5.82 Å². The van der Waals surface area contributed by atoms with E-state index in [0.29, 0.717) is 6.04 Å². The molecule has 2 aromatic heterocycles. The minimum atomic E-state index is -0.155. The van der Waals surface area contributed by atoms with Gasteiger partial charge in [0.2, 0.25) is 0 Å². The van der Waals surface area contributed by atoms with E-state index < -0.39 is 0 Å². The third-order valence-electron chi connectivity index (χ3n) is 5.40. The van der Waals surface area contributed by atoms with E-state index in [1.54, 1.807) is 37.0 Å². The number of methoxy groups -OCH3 is 1. The van der Waals surface area contributed by atoms with Gasteiger partial charge in [-0.15, -0.1) is 11.3 Å². The zero-order valence-electron chi connectivity index (χ0n) is 16.3. The number of anilines is 1. The van der Waals surface area contributed by atoms with Crippen molar-refractivity contribution in [2.45, 2.75) is 25.8 Å². The Morgan fingerprint density at radius 1 is 1.32 bits per heavy atom. The minimum absolute atomic E-state index is 0.155. The zero-order chi connectivity index (χ0) is 19.5. The van der Waals surface area contributed by atoms with Crippen LogP contribution in [0.2, 0.25) is 0 Å². The monoisotopic (exact) mass is 400 g/mol. The first kappa shape index (κ1) is 19.1. The Morgan fingerprint density at radius 2 is 2.21 bits per heavy atom. The molecule has 3 heterocycles. The minimum Gasteiger partial charge on any atom is -0.491 e. The quantitative estimate of drug-likeness (QED) is 0.626. The van der Waals surface area contributed by atoms with Crippen molar-refractivity contribution in [1.29, 1.82) is 0 Å². The van der Waals surface area contributed by atoms with Gasteiger partial charge in [-0.2, -0.15) is 0 Å². The van der Waals surface area contributed by atoms with E-state index >= 15 is 0 Å². The molecule has 3 aromatic rings. The Kier molecular flexibility index (Phi) is 5.73. The second-order valence-corrected chi connectivity index (χ2v) is 8.17. The Labute approximate surface area is 168 Å². The van der Waals surface area contributed by atoms with Gasteiger partial charge in [0, 0.05) is 30.4 Å². The van der Waals surface area contributed by atoms with E-state index in [1.807, 2.05) is 6.07 Å². The van der Waals surface area contributed by atoms with Crippen molar-refractivity contribution in [3.8, 4) is 5.75 Å². The summed E-state index contributed by atoms with van der Waals surface area (Å²) in [7, 11) is 1.66. The summed E-state index contributed by atoms with van der Waals surface area (Å²) in [5.74, 6) is 1.44. The molecule has 0 N–H and O–H groups in total. The number of halogens is 1. The third-order valence-corrected chi connectivity index (χ3v) is 6.41. The maximum Gasteiger partial charge on any atom is 0.179 e. The molecule has 1 aromatic carbocycles. The fraction of sp³-hybridized carbons (Fsp3) is 0.429. The number of rotatable bonds is 6. The van der Waals surface area contributed by atoms with Crippen LogP contribution in [-0.4, -0.2) is 54.2 Å². The van der Waals surface area contributed by atoms with Crippen LogP contribution in [0.4, 0.5) is 10.2 Å². The molecule has 0 spiro atoms. The summed E-state index contributed by atoms with van der Waals surface area (Å²) in [4.78, 5) is 13.3. The molecule has 7 heteroatoms. The molecule has 1 saturated heterocycles. The largest absolute Gasteiger partial charge is 0.491 e. The highest BCUT2D eigenvalue weighted by atomic mass is 32.1. The number of hydrogen-bond acceptors (Lipinski definition) is 6. The standard InChI is InChI=1S/C21H25FN4OS/c1-15-12-25(8-9-26(15)21-19(27-2)11-23-14-24-21)7-3-4-16-13-28-20-6-5-17(22)10-18(16)20/h5-6,10-11,13-15H,3-4,7-9,12H2,1-2H3. The van der Waals surface area contributed by atoms with Crippen molar-refractivity contribution >= 4 is 27.2 Å². The van der Waals surface area contributed by atoms with Gasteiger partial charge in [0.1, 0.15) is 12.1 Å².